The molecular weight excluding hydrogens is 316 g/mol. The Balaban J connectivity index is 1.66. The fourth-order valence-corrected chi connectivity index (χ4v) is 2.99. The van der Waals surface area contributed by atoms with Gasteiger partial charge in [0.05, 0.1) is 12.7 Å². The molecule has 25 heavy (non-hydrogen) atoms. The van der Waals surface area contributed by atoms with Gasteiger partial charge in [0.2, 0.25) is 0 Å². The fraction of sp³-hybridized carbons (Fsp3) is 0.300. The van der Waals surface area contributed by atoms with Crippen LogP contribution in [0.2, 0.25) is 0 Å². The van der Waals surface area contributed by atoms with Gasteiger partial charge in [0.1, 0.15) is 0 Å². The Morgan fingerprint density at radius 1 is 1.08 bits per heavy atom. The summed E-state index contributed by atoms with van der Waals surface area (Å²) in [5.41, 5.74) is 7.64. The summed E-state index contributed by atoms with van der Waals surface area (Å²) < 4.78 is 4.76. The minimum Gasteiger partial charge on any atom is -0.465 e. The minimum atomic E-state index is -0.325. The van der Waals surface area contributed by atoms with Crippen LogP contribution in [0.1, 0.15) is 44.3 Å². The zero-order valence-electron chi connectivity index (χ0n) is 14.5. The standard InChI is InChI=1S/C20H22N2O3/c1-3-14-4-6-15(7-5-14)19(23)21-22-11-10-16-12-17(20(24)25-2)8-9-18(16)13-22/h4-9,12H,3,10-11,13H2,1-2H3,(H,21,23). The van der Waals surface area contributed by atoms with Gasteiger partial charge in [0.25, 0.3) is 5.91 Å². The van der Waals surface area contributed by atoms with Crippen LogP contribution in [0, 0.1) is 0 Å². The molecule has 5 nitrogen and oxygen atoms in total. The molecule has 2 aromatic rings. The maximum absolute atomic E-state index is 12.4. The van der Waals surface area contributed by atoms with Crippen molar-refractivity contribution in [3.8, 4) is 0 Å². The lowest BCUT2D eigenvalue weighted by atomic mass is 9.98. The second-order valence-corrected chi connectivity index (χ2v) is 6.14. The molecule has 1 aliphatic rings. The van der Waals surface area contributed by atoms with Gasteiger partial charge in [-0.1, -0.05) is 25.1 Å². The van der Waals surface area contributed by atoms with Crippen molar-refractivity contribution in [3.63, 3.8) is 0 Å². The highest BCUT2D eigenvalue weighted by molar-refractivity contribution is 5.93. The van der Waals surface area contributed by atoms with Gasteiger partial charge in [-0.25, -0.2) is 9.80 Å². The normalized spacial score (nSPS) is 13.8. The van der Waals surface area contributed by atoms with Gasteiger partial charge in [-0.2, -0.15) is 0 Å². The van der Waals surface area contributed by atoms with Crippen LogP contribution in [0.3, 0.4) is 0 Å². The predicted octanol–water partition coefficient (Wildman–Crippen LogP) is 2.74. The molecule has 0 fully saturated rings. The first-order chi connectivity index (χ1) is 12.1. The number of carbonyl (C=O) groups is 2. The second kappa shape index (κ2) is 7.49. The Hall–Kier alpha value is -2.66. The molecule has 0 spiro atoms. The van der Waals surface area contributed by atoms with Crippen LogP contribution in [0.15, 0.2) is 42.5 Å². The number of hydrogen-bond acceptors (Lipinski definition) is 4. The van der Waals surface area contributed by atoms with Crippen molar-refractivity contribution >= 4 is 11.9 Å². The molecule has 0 bridgehead atoms. The highest BCUT2D eigenvalue weighted by atomic mass is 16.5. The number of rotatable bonds is 4. The van der Waals surface area contributed by atoms with E-state index in [1.807, 2.05) is 41.4 Å². The third kappa shape index (κ3) is 3.88. The fourth-order valence-electron chi connectivity index (χ4n) is 2.99. The molecule has 130 valence electrons. The lowest BCUT2D eigenvalue weighted by Gasteiger charge is -2.29. The Bertz CT molecular complexity index is 784. The van der Waals surface area contributed by atoms with Crippen molar-refractivity contribution in [1.29, 1.82) is 0 Å². The Labute approximate surface area is 147 Å². The van der Waals surface area contributed by atoms with Crippen LogP contribution >= 0.6 is 0 Å². The monoisotopic (exact) mass is 338 g/mol. The summed E-state index contributed by atoms with van der Waals surface area (Å²) in [5, 5.41) is 1.91. The zero-order valence-corrected chi connectivity index (χ0v) is 14.5. The molecular formula is C20H22N2O3. The molecule has 0 saturated heterocycles. The van der Waals surface area contributed by atoms with Crippen molar-refractivity contribution in [2.75, 3.05) is 13.7 Å². The number of esters is 1. The molecule has 3 rings (SSSR count). The first-order valence-electron chi connectivity index (χ1n) is 8.45. The molecule has 2 aromatic carbocycles. The number of aryl methyl sites for hydroxylation is 1. The number of ether oxygens (including phenoxy) is 1. The van der Waals surface area contributed by atoms with Crippen molar-refractivity contribution in [2.24, 2.45) is 0 Å². The molecule has 0 unspecified atom stereocenters. The summed E-state index contributed by atoms with van der Waals surface area (Å²) in [7, 11) is 1.38. The van der Waals surface area contributed by atoms with E-state index in [0.29, 0.717) is 24.2 Å². The summed E-state index contributed by atoms with van der Waals surface area (Å²) >= 11 is 0. The molecule has 1 heterocycles. The van der Waals surface area contributed by atoms with Gasteiger partial charge in [-0.15, -0.1) is 0 Å². The van der Waals surface area contributed by atoms with Crippen LogP contribution < -0.4 is 5.43 Å². The van der Waals surface area contributed by atoms with E-state index >= 15 is 0 Å². The van der Waals surface area contributed by atoms with E-state index in [9.17, 15) is 9.59 Å². The quantitative estimate of drug-likeness (QED) is 0.871. The molecule has 0 aromatic heterocycles. The molecule has 0 aliphatic carbocycles. The zero-order chi connectivity index (χ0) is 17.8. The summed E-state index contributed by atoms with van der Waals surface area (Å²) in [4.78, 5) is 24.0. The van der Waals surface area contributed by atoms with Gasteiger partial charge in [0.15, 0.2) is 0 Å². The number of hydrazine groups is 1. The van der Waals surface area contributed by atoms with Crippen molar-refractivity contribution in [3.05, 3.63) is 70.3 Å². The molecule has 1 N–H and O–H groups in total. The summed E-state index contributed by atoms with van der Waals surface area (Å²) in [6.07, 6.45) is 1.73. The second-order valence-electron chi connectivity index (χ2n) is 6.14. The maximum Gasteiger partial charge on any atom is 0.337 e. The summed E-state index contributed by atoms with van der Waals surface area (Å²) in [5.74, 6) is -0.425. The molecule has 0 atom stereocenters. The number of nitrogens with one attached hydrogen (secondary N) is 1. The third-order valence-corrected chi connectivity index (χ3v) is 4.52. The lowest BCUT2D eigenvalue weighted by Crippen LogP contribution is -2.45. The van der Waals surface area contributed by atoms with Crippen LogP contribution in [0.25, 0.3) is 0 Å². The molecule has 1 amide bonds. The smallest absolute Gasteiger partial charge is 0.337 e. The van der Waals surface area contributed by atoms with Gasteiger partial charge >= 0.3 is 5.97 Å². The topological polar surface area (TPSA) is 58.6 Å². The minimum absolute atomic E-state index is 0.0997. The first kappa shape index (κ1) is 17.2. The largest absolute Gasteiger partial charge is 0.465 e. The molecule has 1 aliphatic heterocycles. The average molecular weight is 338 g/mol. The maximum atomic E-state index is 12.4. The number of amides is 1. The molecule has 0 saturated carbocycles. The number of fused-ring (bicyclic) bond motifs is 1. The van der Waals surface area contributed by atoms with Crippen LogP contribution in [-0.4, -0.2) is 30.5 Å². The molecule has 0 radical (unpaired) electrons. The van der Waals surface area contributed by atoms with E-state index in [1.54, 1.807) is 6.07 Å². The van der Waals surface area contributed by atoms with E-state index in [4.69, 9.17) is 4.74 Å². The van der Waals surface area contributed by atoms with Gasteiger partial charge in [-0.05, 0) is 53.8 Å². The predicted molar refractivity (Wildman–Crippen MR) is 95.2 cm³/mol. The van der Waals surface area contributed by atoms with Crippen LogP contribution in [0.4, 0.5) is 0 Å². The number of benzene rings is 2. The van der Waals surface area contributed by atoms with Crippen LogP contribution in [0.5, 0.6) is 0 Å². The highest BCUT2D eigenvalue weighted by Gasteiger charge is 2.20. The molecule has 5 heteroatoms. The number of hydrogen-bond donors (Lipinski definition) is 1. The SMILES string of the molecule is CCc1ccc(C(=O)NN2CCc3cc(C(=O)OC)ccc3C2)cc1. The van der Waals surface area contributed by atoms with Crippen molar-refractivity contribution < 1.29 is 14.3 Å². The summed E-state index contributed by atoms with van der Waals surface area (Å²) in [6.45, 7) is 3.41. The van der Waals surface area contributed by atoms with E-state index < -0.39 is 0 Å². The average Bonchev–Trinajstić information content (AvgIpc) is 2.67. The van der Waals surface area contributed by atoms with E-state index in [1.165, 1.54) is 12.7 Å². The number of methoxy groups -OCH3 is 1. The Morgan fingerprint density at radius 3 is 2.48 bits per heavy atom. The number of carbonyl (C=O) groups excluding carboxylic acids is 2. The Kier molecular flexibility index (Phi) is 5.14. The van der Waals surface area contributed by atoms with Crippen molar-refractivity contribution in [2.45, 2.75) is 26.3 Å². The Morgan fingerprint density at radius 2 is 1.80 bits per heavy atom. The first-order valence-corrected chi connectivity index (χ1v) is 8.45. The van der Waals surface area contributed by atoms with Crippen molar-refractivity contribution in [1.82, 2.24) is 10.4 Å². The van der Waals surface area contributed by atoms with E-state index in [2.05, 4.69) is 12.3 Å². The van der Waals surface area contributed by atoms with Gasteiger partial charge in [-0.3, -0.25) is 10.2 Å². The van der Waals surface area contributed by atoms with Gasteiger partial charge < -0.3 is 4.74 Å². The summed E-state index contributed by atoms with van der Waals surface area (Å²) in [6, 6.07) is 13.2. The van der Waals surface area contributed by atoms with Gasteiger partial charge in [0, 0.05) is 18.7 Å². The third-order valence-electron chi connectivity index (χ3n) is 4.52. The van der Waals surface area contributed by atoms with E-state index in [-0.39, 0.29) is 11.9 Å². The highest BCUT2D eigenvalue weighted by Crippen LogP contribution is 2.20. The lowest BCUT2D eigenvalue weighted by molar-refractivity contribution is 0.0600. The van der Waals surface area contributed by atoms with Crippen LogP contribution in [-0.2, 0) is 24.1 Å². The number of nitrogens with zero attached hydrogens (tertiary/aromatic N) is 1. The van der Waals surface area contributed by atoms with E-state index in [0.717, 1.165) is 24.0 Å².